The van der Waals surface area contributed by atoms with Gasteiger partial charge in [0.1, 0.15) is 5.75 Å². The molecule has 1 unspecified atom stereocenters. The fraction of sp³-hybridized carbons (Fsp3) is 0.333. The molecule has 2 aliphatic heterocycles. The minimum Gasteiger partial charge on any atom is -0.493 e. The van der Waals surface area contributed by atoms with Crippen molar-refractivity contribution in [2.75, 3.05) is 37.7 Å². The van der Waals surface area contributed by atoms with Gasteiger partial charge in [-0.3, -0.25) is 4.79 Å². The topological polar surface area (TPSA) is 66.5 Å². The van der Waals surface area contributed by atoms with Crippen molar-refractivity contribution in [2.24, 2.45) is 0 Å². The molecule has 152 valence electrons. The van der Waals surface area contributed by atoms with Crippen LogP contribution in [0.25, 0.3) is 10.2 Å². The lowest BCUT2D eigenvalue weighted by Gasteiger charge is -2.26. The highest BCUT2D eigenvalue weighted by Gasteiger charge is 2.23. The van der Waals surface area contributed by atoms with Crippen LogP contribution in [0.5, 0.6) is 5.75 Å². The van der Waals surface area contributed by atoms with Crippen molar-refractivity contribution in [3.8, 4) is 5.75 Å². The molecular formula is C21H23ClN4O2S. The number of carbonyl (C=O) groups is 1. The largest absolute Gasteiger partial charge is 0.493 e. The number of benzene rings is 2. The minimum atomic E-state index is -0.0549. The summed E-state index contributed by atoms with van der Waals surface area (Å²) < 4.78 is 6.74. The van der Waals surface area contributed by atoms with E-state index >= 15 is 0 Å². The molecule has 1 aromatic heterocycles. The van der Waals surface area contributed by atoms with Crippen LogP contribution in [-0.4, -0.2) is 43.7 Å². The van der Waals surface area contributed by atoms with Crippen LogP contribution in [0.4, 0.5) is 5.13 Å². The van der Waals surface area contributed by atoms with Crippen LogP contribution in [0, 0.1) is 0 Å². The fourth-order valence-corrected chi connectivity index (χ4v) is 4.84. The molecule has 1 fully saturated rings. The van der Waals surface area contributed by atoms with Gasteiger partial charge in [-0.2, -0.15) is 0 Å². The summed E-state index contributed by atoms with van der Waals surface area (Å²) in [4.78, 5) is 19.9. The molecule has 2 N–H and O–H groups in total. The van der Waals surface area contributed by atoms with E-state index in [0.717, 1.165) is 59.3 Å². The molecule has 6 nitrogen and oxygen atoms in total. The fourth-order valence-electron chi connectivity index (χ4n) is 3.78. The summed E-state index contributed by atoms with van der Waals surface area (Å²) in [5.74, 6) is 0.804. The first-order chi connectivity index (χ1) is 13.8. The Hall–Kier alpha value is -2.35. The molecule has 1 atom stereocenters. The summed E-state index contributed by atoms with van der Waals surface area (Å²) in [6.45, 7) is 4.52. The van der Waals surface area contributed by atoms with E-state index in [-0.39, 0.29) is 24.4 Å². The van der Waals surface area contributed by atoms with E-state index in [4.69, 9.17) is 9.72 Å². The van der Waals surface area contributed by atoms with Crippen LogP contribution in [0.15, 0.2) is 42.5 Å². The van der Waals surface area contributed by atoms with Gasteiger partial charge in [-0.15, -0.1) is 12.4 Å². The molecule has 8 heteroatoms. The van der Waals surface area contributed by atoms with E-state index in [1.54, 1.807) is 11.3 Å². The summed E-state index contributed by atoms with van der Waals surface area (Å²) in [6, 6.07) is 13.7. The van der Waals surface area contributed by atoms with Crippen molar-refractivity contribution in [3.63, 3.8) is 0 Å². The van der Waals surface area contributed by atoms with E-state index in [2.05, 4.69) is 15.5 Å². The number of nitrogens with zero attached hydrogens (tertiary/aromatic N) is 2. The number of amides is 1. The smallest absolute Gasteiger partial charge is 0.251 e. The Morgan fingerprint density at radius 3 is 2.90 bits per heavy atom. The lowest BCUT2D eigenvalue weighted by molar-refractivity contribution is 0.0925. The number of fused-ring (bicyclic) bond motifs is 2. The zero-order valence-corrected chi connectivity index (χ0v) is 17.5. The maximum atomic E-state index is 12.9. The molecule has 0 radical (unpaired) electrons. The van der Waals surface area contributed by atoms with E-state index in [0.29, 0.717) is 12.2 Å². The first kappa shape index (κ1) is 19.9. The van der Waals surface area contributed by atoms with Gasteiger partial charge in [0.05, 0.1) is 22.9 Å². The number of aromatic nitrogens is 1. The van der Waals surface area contributed by atoms with Crippen molar-refractivity contribution < 1.29 is 9.53 Å². The zero-order chi connectivity index (χ0) is 18.9. The number of hydrogen-bond acceptors (Lipinski definition) is 6. The highest BCUT2D eigenvalue weighted by molar-refractivity contribution is 7.22. The van der Waals surface area contributed by atoms with Crippen LogP contribution in [0.3, 0.4) is 0 Å². The van der Waals surface area contributed by atoms with Crippen molar-refractivity contribution in [2.45, 2.75) is 12.5 Å². The number of ether oxygens (including phenoxy) is 1. The molecular weight excluding hydrogens is 408 g/mol. The highest BCUT2D eigenvalue weighted by Crippen LogP contribution is 2.33. The predicted molar refractivity (Wildman–Crippen MR) is 119 cm³/mol. The summed E-state index contributed by atoms with van der Waals surface area (Å²) in [5, 5.41) is 7.57. The Morgan fingerprint density at radius 2 is 2.03 bits per heavy atom. The summed E-state index contributed by atoms with van der Waals surface area (Å²) >= 11 is 1.66. The molecule has 0 bridgehead atoms. The van der Waals surface area contributed by atoms with E-state index in [1.807, 2.05) is 42.5 Å². The Labute approximate surface area is 179 Å². The van der Waals surface area contributed by atoms with E-state index in [1.165, 1.54) is 0 Å². The van der Waals surface area contributed by atoms with Gasteiger partial charge in [-0.25, -0.2) is 4.98 Å². The molecule has 2 aliphatic rings. The Kier molecular flexibility index (Phi) is 5.89. The van der Waals surface area contributed by atoms with Crippen LogP contribution in [0.1, 0.15) is 28.4 Å². The predicted octanol–water partition coefficient (Wildman–Crippen LogP) is 3.38. The Balaban J connectivity index is 0.00000205. The van der Waals surface area contributed by atoms with Crippen molar-refractivity contribution in [1.82, 2.24) is 15.6 Å². The number of carbonyl (C=O) groups excluding carboxylic acids is 1. The molecule has 0 saturated carbocycles. The van der Waals surface area contributed by atoms with Gasteiger partial charge in [-0.05, 0) is 24.3 Å². The van der Waals surface area contributed by atoms with Crippen LogP contribution in [0.2, 0.25) is 0 Å². The summed E-state index contributed by atoms with van der Waals surface area (Å²) in [7, 11) is 0. The average Bonchev–Trinajstić information content (AvgIpc) is 3.18. The number of thiazole rings is 1. The molecule has 0 spiro atoms. The first-order valence-electron chi connectivity index (χ1n) is 9.67. The summed E-state index contributed by atoms with van der Waals surface area (Å²) in [6.07, 6.45) is 0.776. The highest BCUT2D eigenvalue weighted by atomic mass is 35.5. The number of para-hydroxylation sites is 1. The van der Waals surface area contributed by atoms with Crippen molar-refractivity contribution >= 4 is 45.0 Å². The van der Waals surface area contributed by atoms with Crippen molar-refractivity contribution in [1.29, 1.82) is 0 Å². The van der Waals surface area contributed by atoms with Gasteiger partial charge >= 0.3 is 0 Å². The molecule has 0 aliphatic carbocycles. The number of piperazine rings is 1. The van der Waals surface area contributed by atoms with E-state index in [9.17, 15) is 4.79 Å². The molecule has 1 saturated heterocycles. The number of nitrogens with one attached hydrogen (secondary N) is 2. The average molecular weight is 431 g/mol. The molecule has 2 aromatic carbocycles. The van der Waals surface area contributed by atoms with E-state index < -0.39 is 0 Å². The van der Waals surface area contributed by atoms with Gasteiger partial charge in [0.15, 0.2) is 5.13 Å². The van der Waals surface area contributed by atoms with Crippen LogP contribution >= 0.6 is 23.7 Å². The van der Waals surface area contributed by atoms with Crippen LogP contribution < -0.4 is 20.3 Å². The number of hydrogen-bond donors (Lipinski definition) is 2. The second-order valence-corrected chi connectivity index (χ2v) is 8.13. The Morgan fingerprint density at radius 1 is 1.21 bits per heavy atom. The second-order valence-electron chi connectivity index (χ2n) is 7.12. The molecule has 1 amide bonds. The molecule has 5 rings (SSSR count). The van der Waals surface area contributed by atoms with Crippen LogP contribution in [-0.2, 0) is 0 Å². The molecule has 3 heterocycles. The number of anilines is 1. The molecule has 3 aromatic rings. The van der Waals surface area contributed by atoms with Gasteiger partial charge in [0.25, 0.3) is 5.91 Å². The quantitative estimate of drug-likeness (QED) is 0.666. The third kappa shape index (κ3) is 4.03. The van der Waals surface area contributed by atoms with Gasteiger partial charge in [0, 0.05) is 43.7 Å². The standard InChI is InChI=1S/C21H22N4O2S.ClH/c26-20(23-16-7-12-27-18-4-2-1-3-15(16)18)14-5-6-17-19(13-14)28-21(24-17)25-10-8-22-9-11-25;/h1-6,13,16,22H,7-12H2,(H,23,26);1H. The lowest BCUT2D eigenvalue weighted by atomic mass is 10.00. The second kappa shape index (κ2) is 8.57. The van der Waals surface area contributed by atoms with Gasteiger partial charge in [-0.1, -0.05) is 29.5 Å². The SMILES string of the molecule is Cl.O=C(NC1CCOc2ccccc21)c1ccc2nc(N3CCNCC3)sc2c1. The lowest BCUT2D eigenvalue weighted by Crippen LogP contribution is -2.43. The monoisotopic (exact) mass is 430 g/mol. The minimum absolute atomic E-state index is 0. The third-order valence-electron chi connectivity index (χ3n) is 5.29. The molecule has 29 heavy (non-hydrogen) atoms. The zero-order valence-electron chi connectivity index (χ0n) is 15.9. The van der Waals surface area contributed by atoms with Crippen molar-refractivity contribution in [3.05, 3.63) is 53.6 Å². The maximum absolute atomic E-state index is 12.9. The normalized spacial score (nSPS) is 18.5. The number of halogens is 1. The van der Waals surface area contributed by atoms with Gasteiger partial charge in [0.2, 0.25) is 0 Å². The Bertz CT molecular complexity index is 1020. The van der Waals surface area contributed by atoms with Gasteiger partial charge < -0.3 is 20.3 Å². The maximum Gasteiger partial charge on any atom is 0.251 e. The summed E-state index contributed by atoms with van der Waals surface area (Å²) in [5.41, 5.74) is 2.67. The number of rotatable bonds is 3. The third-order valence-corrected chi connectivity index (χ3v) is 6.37. The first-order valence-corrected chi connectivity index (χ1v) is 10.5.